The topological polar surface area (TPSA) is 128 Å². The van der Waals surface area contributed by atoms with Crippen LogP contribution in [0.4, 0.5) is 5.82 Å². The lowest BCUT2D eigenvalue weighted by atomic mass is 10.0. The number of nitrogens with one attached hydrogen (secondary N) is 2. The molecule has 186 valence electrons. The average molecular weight is 496 g/mol. The van der Waals surface area contributed by atoms with Gasteiger partial charge in [-0.15, -0.1) is 4.52 Å². The Bertz CT molecular complexity index is 1780. The molecular weight excluding hydrogens is 468 g/mol. The second-order valence-electron chi connectivity index (χ2n) is 9.17. The van der Waals surface area contributed by atoms with Crippen LogP contribution in [0.15, 0.2) is 59.9 Å². The summed E-state index contributed by atoms with van der Waals surface area (Å²) in [4.78, 5) is 31.3. The smallest absolute Gasteiger partial charge is 0.362 e. The minimum absolute atomic E-state index is 0.152. The summed E-state index contributed by atoms with van der Waals surface area (Å²) in [6.45, 7) is 5.72. The van der Waals surface area contributed by atoms with Crippen molar-refractivity contribution >= 4 is 28.1 Å². The normalized spacial score (nSPS) is 12.0. The quantitative estimate of drug-likeness (QED) is 0.260. The highest BCUT2D eigenvalue weighted by Crippen LogP contribution is 2.24. The first-order chi connectivity index (χ1) is 17.7. The van der Waals surface area contributed by atoms with E-state index in [-0.39, 0.29) is 28.9 Å². The van der Waals surface area contributed by atoms with Crippen LogP contribution in [0.25, 0.3) is 16.4 Å². The summed E-state index contributed by atoms with van der Waals surface area (Å²) in [7, 11) is 1.83. The summed E-state index contributed by atoms with van der Waals surface area (Å²) in [5.74, 6) is 6.04. The Morgan fingerprint density at radius 1 is 1.22 bits per heavy atom. The second kappa shape index (κ2) is 9.28. The summed E-state index contributed by atoms with van der Waals surface area (Å²) < 4.78 is 4.97. The van der Waals surface area contributed by atoms with Gasteiger partial charge in [-0.1, -0.05) is 24.0 Å². The first-order valence-corrected chi connectivity index (χ1v) is 11.9. The molecule has 1 aromatic carbocycles. The first-order valence-electron chi connectivity index (χ1n) is 11.9. The molecule has 0 aliphatic heterocycles. The molecule has 0 saturated heterocycles. The largest absolute Gasteiger partial charge is 0.382 e. The molecule has 4 N–H and O–H groups in total. The van der Waals surface area contributed by atoms with Gasteiger partial charge in [0.25, 0.3) is 11.5 Å². The third kappa shape index (κ3) is 4.31. The lowest BCUT2D eigenvalue weighted by Crippen LogP contribution is -2.34. The van der Waals surface area contributed by atoms with Gasteiger partial charge in [0.2, 0.25) is 0 Å². The summed E-state index contributed by atoms with van der Waals surface area (Å²) >= 11 is 0. The van der Waals surface area contributed by atoms with Crippen LogP contribution in [0.2, 0.25) is 0 Å². The fourth-order valence-electron chi connectivity index (χ4n) is 4.51. The van der Waals surface area contributed by atoms with Gasteiger partial charge in [0.1, 0.15) is 12.4 Å². The fourth-order valence-corrected chi connectivity index (χ4v) is 4.51. The van der Waals surface area contributed by atoms with Crippen molar-refractivity contribution in [3.8, 4) is 11.8 Å². The number of anilines is 1. The number of aromatic nitrogens is 6. The Balaban J connectivity index is 1.57. The van der Waals surface area contributed by atoms with Crippen LogP contribution in [-0.4, -0.2) is 30.3 Å². The van der Waals surface area contributed by atoms with Crippen LogP contribution in [0.3, 0.4) is 0 Å². The van der Waals surface area contributed by atoms with Crippen molar-refractivity contribution in [2.75, 3.05) is 5.73 Å². The van der Waals surface area contributed by atoms with Gasteiger partial charge in [-0.25, -0.2) is 5.10 Å². The number of H-pyrrole nitrogens is 1. The highest BCUT2D eigenvalue weighted by molar-refractivity contribution is 6.03. The van der Waals surface area contributed by atoms with Gasteiger partial charge < -0.3 is 15.6 Å². The van der Waals surface area contributed by atoms with E-state index in [1.54, 1.807) is 38.4 Å². The van der Waals surface area contributed by atoms with Crippen molar-refractivity contribution in [2.45, 2.75) is 32.9 Å². The number of aromatic amines is 1. The monoisotopic (exact) mass is 495 g/mol. The van der Waals surface area contributed by atoms with E-state index < -0.39 is 6.04 Å². The molecule has 0 aliphatic carbocycles. The third-order valence-electron chi connectivity index (χ3n) is 6.17. The zero-order valence-corrected chi connectivity index (χ0v) is 21.0. The fraction of sp³-hybridized carbons (Fsp3) is 0.222. The van der Waals surface area contributed by atoms with E-state index in [1.807, 2.05) is 58.3 Å². The molecule has 1 atom stereocenters. The SMILES string of the molecule is CC(NC(=O)c1c(N)[nH][n+]2cccnc12)c1cc2cccc(C#Cc3cnn(C)c3)c2c(=O)n1C(C)C. The number of hydrogen-bond acceptors (Lipinski definition) is 5. The van der Waals surface area contributed by atoms with Crippen molar-refractivity contribution in [3.63, 3.8) is 0 Å². The first kappa shape index (κ1) is 23.8. The number of pyridine rings is 1. The molecule has 4 aromatic heterocycles. The van der Waals surface area contributed by atoms with Crippen LogP contribution in [0, 0.1) is 11.8 Å². The standard InChI is InChI=1S/C27H26N8O2/c1-16(2)35-21(17(3)31-26(36)23-24(28)32-34-12-6-11-29-25(23)34)13-20-8-5-7-19(22(20)27(35)37)10-9-18-14-30-33(4)15-18/h5-8,11-17H,1-4H3,(H3,28,31,32,36)/p+1. The Hall–Kier alpha value is -4.91. The summed E-state index contributed by atoms with van der Waals surface area (Å²) in [6.07, 6.45) is 6.83. The number of nitrogens with two attached hydrogens (primary N) is 1. The number of carbonyl (C=O) groups excluding carboxylic acids is 1. The molecule has 1 amide bonds. The number of rotatable bonds is 4. The van der Waals surface area contributed by atoms with E-state index in [4.69, 9.17) is 5.73 Å². The number of nitrogen functional groups attached to an aromatic ring is 1. The third-order valence-corrected chi connectivity index (χ3v) is 6.17. The van der Waals surface area contributed by atoms with E-state index in [0.717, 1.165) is 10.9 Å². The number of fused-ring (bicyclic) bond motifs is 2. The van der Waals surface area contributed by atoms with Crippen molar-refractivity contribution in [3.05, 3.63) is 87.9 Å². The van der Waals surface area contributed by atoms with Crippen LogP contribution >= 0.6 is 0 Å². The van der Waals surface area contributed by atoms with E-state index in [1.165, 1.54) is 0 Å². The van der Waals surface area contributed by atoms with Crippen molar-refractivity contribution in [1.82, 2.24) is 29.7 Å². The van der Waals surface area contributed by atoms with Gasteiger partial charge in [0.05, 0.1) is 23.2 Å². The molecule has 0 spiro atoms. The minimum atomic E-state index is -0.491. The van der Waals surface area contributed by atoms with Gasteiger partial charge in [0, 0.05) is 36.6 Å². The van der Waals surface area contributed by atoms with Gasteiger partial charge in [-0.3, -0.25) is 14.3 Å². The lowest BCUT2D eigenvalue weighted by molar-refractivity contribution is -0.577. The highest BCUT2D eigenvalue weighted by Gasteiger charge is 2.27. The molecular formula is C27H27N8O2+. The average Bonchev–Trinajstić information content (AvgIpc) is 3.43. The van der Waals surface area contributed by atoms with Crippen LogP contribution in [-0.2, 0) is 7.05 Å². The van der Waals surface area contributed by atoms with E-state index in [2.05, 4.69) is 32.3 Å². The summed E-state index contributed by atoms with van der Waals surface area (Å²) in [6, 6.07) is 8.62. The molecule has 10 nitrogen and oxygen atoms in total. The number of hydrogen-bond donors (Lipinski definition) is 3. The number of carbonyl (C=O) groups is 1. The van der Waals surface area contributed by atoms with Gasteiger partial charge >= 0.3 is 5.65 Å². The molecule has 0 aliphatic rings. The molecule has 37 heavy (non-hydrogen) atoms. The highest BCUT2D eigenvalue weighted by atomic mass is 16.2. The summed E-state index contributed by atoms with van der Waals surface area (Å²) in [5, 5.41) is 11.3. The number of nitrogens with zero attached hydrogens (tertiary/aromatic N) is 5. The zero-order chi connectivity index (χ0) is 26.3. The maximum atomic E-state index is 13.8. The number of aryl methyl sites for hydroxylation is 1. The van der Waals surface area contributed by atoms with Crippen molar-refractivity contribution in [2.24, 2.45) is 7.05 Å². The van der Waals surface area contributed by atoms with Crippen LogP contribution in [0.5, 0.6) is 0 Å². The number of amides is 1. The van der Waals surface area contributed by atoms with Gasteiger partial charge in [-0.2, -0.15) is 5.10 Å². The molecule has 4 heterocycles. The van der Waals surface area contributed by atoms with Crippen LogP contribution in [0.1, 0.15) is 60.0 Å². The lowest BCUT2D eigenvalue weighted by Gasteiger charge is -2.23. The molecule has 0 bridgehead atoms. The Kier molecular flexibility index (Phi) is 5.97. The van der Waals surface area contributed by atoms with Crippen molar-refractivity contribution in [1.29, 1.82) is 0 Å². The zero-order valence-electron chi connectivity index (χ0n) is 21.0. The molecule has 0 saturated carbocycles. The summed E-state index contributed by atoms with van der Waals surface area (Å²) in [5.41, 5.74) is 8.67. The molecule has 5 rings (SSSR count). The second-order valence-corrected chi connectivity index (χ2v) is 9.17. The van der Waals surface area contributed by atoms with E-state index in [9.17, 15) is 9.59 Å². The van der Waals surface area contributed by atoms with Crippen molar-refractivity contribution < 1.29 is 9.31 Å². The molecule has 10 heteroatoms. The van der Waals surface area contributed by atoms with E-state index in [0.29, 0.717) is 22.3 Å². The van der Waals surface area contributed by atoms with Crippen LogP contribution < -0.4 is 21.1 Å². The molecule has 0 radical (unpaired) electrons. The predicted octanol–water partition coefficient (Wildman–Crippen LogP) is 2.25. The maximum Gasteiger partial charge on any atom is 0.362 e. The van der Waals surface area contributed by atoms with Gasteiger partial charge in [0.15, 0.2) is 11.4 Å². The molecule has 5 aromatic rings. The molecule has 0 fully saturated rings. The predicted molar refractivity (Wildman–Crippen MR) is 140 cm³/mol. The Morgan fingerprint density at radius 2 is 2.03 bits per heavy atom. The maximum absolute atomic E-state index is 13.8. The van der Waals surface area contributed by atoms with E-state index >= 15 is 0 Å². The Morgan fingerprint density at radius 3 is 2.76 bits per heavy atom. The number of benzene rings is 1. The van der Waals surface area contributed by atoms with Gasteiger partial charge in [-0.05, 0) is 43.3 Å². The molecule has 1 unspecified atom stereocenters. The minimum Gasteiger partial charge on any atom is -0.382 e. The Labute approximate surface area is 212 Å².